The molecule has 0 aromatic carbocycles. The Morgan fingerprint density at radius 2 is 2.10 bits per heavy atom. The Morgan fingerprint density at radius 1 is 1.40 bits per heavy atom. The van der Waals surface area contributed by atoms with E-state index in [1.54, 1.807) is 0 Å². The van der Waals surface area contributed by atoms with Gasteiger partial charge in [0.2, 0.25) is 0 Å². The zero-order valence-electron chi connectivity index (χ0n) is 6.65. The zero-order valence-corrected chi connectivity index (χ0v) is 6.65. The first-order chi connectivity index (χ1) is 4.83. The van der Waals surface area contributed by atoms with Gasteiger partial charge in [0.15, 0.2) is 0 Å². The molecule has 0 spiro atoms. The van der Waals surface area contributed by atoms with Crippen molar-refractivity contribution in [3.63, 3.8) is 0 Å². The normalized spacial score (nSPS) is 20.6. The molecule has 1 heterocycles. The van der Waals surface area contributed by atoms with E-state index in [2.05, 4.69) is 31.3 Å². The van der Waals surface area contributed by atoms with E-state index in [1.165, 1.54) is 0 Å². The highest BCUT2D eigenvalue weighted by Crippen LogP contribution is 2.18. The lowest BCUT2D eigenvalue weighted by Gasteiger charge is -2.30. The minimum Gasteiger partial charge on any atom is -0.381 e. The van der Waals surface area contributed by atoms with Gasteiger partial charge in [-0.2, -0.15) is 0 Å². The third-order valence-corrected chi connectivity index (χ3v) is 2.20. The minimum atomic E-state index is 0.214. The Labute approximate surface area is 62.8 Å². The zero-order chi connectivity index (χ0) is 7.45. The molecule has 0 aromatic rings. The van der Waals surface area contributed by atoms with Crippen molar-refractivity contribution in [3.8, 4) is 0 Å². The molecule has 0 aromatic heterocycles. The summed E-state index contributed by atoms with van der Waals surface area (Å²) in [5.74, 6) is 0. The molecule has 1 aliphatic heterocycles. The predicted molar refractivity (Wildman–Crippen MR) is 43.4 cm³/mol. The van der Waals surface area contributed by atoms with Crippen LogP contribution in [0.1, 0.15) is 26.7 Å². The van der Waals surface area contributed by atoms with E-state index in [4.69, 9.17) is 0 Å². The molecule has 0 amide bonds. The van der Waals surface area contributed by atoms with E-state index < -0.39 is 0 Å². The van der Waals surface area contributed by atoms with E-state index in [0.29, 0.717) is 0 Å². The minimum absolute atomic E-state index is 0.214. The molecule has 55 valence electrons. The van der Waals surface area contributed by atoms with Crippen molar-refractivity contribution in [3.05, 3.63) is 24.4 Å². The SMILES string of the molecule is CCC1(CC)C=C[C]=CN1. The highest BCUT2D eigenvalue weighted by Gasteiger charge is 2.20. The fourth-order valence-electron chi connectivity index (χ4n) is 1.18. The molecular formula is C9H14N. The average Bonchev–Trinajstić information content (AvgIpc) is 2.06. The summed E-state index contributed by atoms with van der Waals surface area (Å²) >= 11 is 0. The Hall–Kier alpha value is -0.720. The van der Waals surface area contributed by atoms with Crippen molar-refractivity contribution in [1.29, 1.82) is 0 Å². The summed E-state index contributed by atoms with van der Waals surface area (Å²) in [6, 6.07) is 0. The van der Waals surface area contributed by atoms with Gasteiger partial charge in [-0.15, -0.1) is 0 Å². The van der Waals surface area contributed by atoms with E-state index in [-0.39, 0.29) is 5.54 Å². The summed E-state index contributed by atoms with van der Waals surface area (Å²) in [7, 11) is 0. The van der Waals surface area contributed by atoms with Crippen molar-refractivity contribution in [2.45, 2.75) is 32.2 Å². The lowest BCUT2D eigenvalue weighted by atomic mass is 9.91. The number of allylic oxidation sites excluding steroid dienone is 2. The fraction of sp³-hybridized carbons (Fsp3) is 0.556. The summed E-state index contributed by atoms with van der Waals surface area (Å²) in [6.45, 7) is 4.39. The number of nitrogens with one attached hydrogen (secondary N) is 1. The number of dihydropyridines is 1. The van der Waals surface area contributed by atoms with Crippen molar-refractivity contribution < 1.29 is 0 Å². The maximum Gasteiger partial charge on any atom is 0.0548 e. The molecule has 0 aliphatic carbocycles. The van der Waals surface area contributed by atoms with Gasteiger partial charge >= 0.3 is 0 Å². The molecule has 0 bridgehead atoms. The molecule has 0 fully saturated rings. The summed E-state index contributed by atoms with van der Waals surface area (Å²) in [5.41, 5.74) is 0.214. The Morgan fingerprint density at radius 3 is 2.40 bits per heavy atom. The van der Waals surface area contributed by atoms with Gasteiger partial charge in [0.1, 0.15) is 0 Å². The van der Waals surface area contributed by atoms with Crippen molar-refractivity contribution in [1.82, 2.24) is 5.32 Å². The quantitative estimate of drug-likeness (QED) is 0.612. The molecule has 1 radical (unpaired) electrons. The fourth-order valence-corrected chi connectivity index (χ4v) is 1.18. The highest BCUT2D eigenvalue weighted by molar-refractivity contribution is 5.15. The van der Waals surface area contributed by atoms with E-state index in [0.717, 1.165) is 12.8 Å². The van der Waals surface area contributed by atoms with Crippen LogP contribution in [0.5, 0.6) is 0 Å². The molecule has 10 heavy (non-hydrogen) atoms. The van der Waals surface area contributed by atoms with Crippen LogP contribution < -0.4 is 5.32 Å². The first-order valence-corrected chi connectivity index (χ1v) is 3.86. The second kappa shape index (κ2) is 2.91. The molecule has 1 aliphatic rings. The van der Waals surface area contributed by atoms with Gasteiger partial charge in [0, 0.05) is 6.20 Å². The maximum absolute atomic E-state index is 3.31. The lowest BCUT2D eigenvalue weighted by Crippen LogP contribution is -2.39. The van der Waals surface area contributed by atoms with Crippen LogP contribution >= 0.6 is 0 Å². The second-order valence-electron chi connectivity index (χ2n) is 2.65. The summed E-state index contributed by atoms with van der Waals surface area (Å²) < 4.78 is 0. The van der Waals surface area contributed by atoms with Crippen LogP contribution in [0.2, 0.25) is 0 Å². The number of hydrogen-bond acceptors (Lipinski definition) is 1. The molecule has 1 nitrogen and oxygen atoms in total. The number of hydrogen-bond donors (Lipinski definition) is 1. The average molecular weight is 136 g/mol. The Bertz CT molecular complexity index is 152. The number of rotatable bonds is 2. The van der Waals surface area contributed by atoms with E-state index in [9.17, 15) is 0 Å². The van der Waals surface area contributed by atoms with Crippen LogP contribution in [0, 0.1) is 6.08 Å². The van der Waals surface area contributed by atoms with Crippen LogP contribution in [-0.2, 0) is 0 Å². The van der Waals surface area contributed by atoms with Crippen molar-refractivity contribution >= 4 is 0 Å². The first kappa shape index (κ1) is 7.39. The molecule has 0 saturated heterocycles. The van der Waals surface area contributed by atoms with Crippen molar-refractivity contribution in [2.24, 2.45) is 0 Å². The summed E-state index contributed by atoms with van der Waals surface area (Å²) in [6.07, 6.45) is 11.3. The first-order valence-electron chi connectivity index (χ1n) is 3.86. The second-order valence-corrected chi connectivity index (χ2v) is 2.65. The maximum atomic E-state index is 3.31. The predicted octanol–water partition coefficient (Wildman–Crippen LogP) is 2.02. The smallest absolute Gasteiger partial charge is 0.0548 e. The highest BCUT2D eigenvalue weighted by atomic mass is 14.9. The third-order valence-electron chi connectivity index (χ3n) is 2.20. The van der Waals surface area contributed by atoms with Gasteiger partial charge in [0.05, 0.1) is 5.54 Å². The van der Waals surface area contributed by atoms with Crippen LogP contribution in [0.3, 0.4) is 0 Å². The lowest BCUT2D eigenvalue weighted by molar-refractivity contribution is 0.420. The molecule has 1 heteroatoms. The van der Waals surface area contributed by atoms with Gasteiger partial charge < -0.3 is 5.32 Å². The molecular weight excluding hydrogens is 122 g/mol. The largest absolute Gasteiger partial charge is 0.381 e. The Kier molecular flexibility index (Phi) is 2.15. The standard InChI is InChI=1S/C9H14N/c1-3-9(4-2)7-5-6-8-10-9/h5,7-8,10H,3-4H2,1-2H3. The van der Waals surface area contributed by atoms with Crippen molar-refractivity contribution in [2.75, 3.05) is 0 Å². The van der Waals surface area contributed by atoms with E-state index in [1.807, 2.05) is 12.3 Å². The van der Waals surface area contributed by atoms with Crippen LogP contribution in [0.15, 0.2) is 18.4 Å². The molecule has 1 rings (SSSR count). The van der Waals surface area contributed by atoms with Crippen LogP contribution in [-0.4, -0.2) is 5.54 Å². The topological polar surface area (TPSA) is 12.0 Å². The van der Waals surface area contributed by atoms with Gasteiger partial charge in [-0.1, -0.05) is 26.0 Å². The molecule has 0 atom stereocenters. The monoisotopic (exact) mass is 136 g/mol. The molecule has 0 saturated carbocycles. The van der Waals surface area contributed by atoms with Gasteiger partial charge in [0.25, 0.3) is 0 Å². The van der Waals surface area contributed by atoms with Gasteiger partial charge in [-0.3, -0.25) is 0 Å². The molecule has 1 N–H and O–H groups in total. The van der Waals surface area contributed by atoms with Crippen LogP contribution in [0.25, 0.3) is 0 Å². The van der Waals surface area contributed by atoms with Gasteiger partial charge in [-0.25, -0.2) is 0 Å². The van der Waals surface area contributed by atoms with Crippen LogP contribution in [0.4, 0.5) is 0 Å². The Balaban J connectivity index is 2.66. The third kappa shape index (κ3) is 1.23. The summed E-state index contributed by atoms with van der Waals surface area (Å²) in [5, 5.41) is 3.31. The van der Waals surface area contributed by atoms with Gasteiger partial charge in [-0.05, 0) is 18.9 Å². The summed E-state index contributed by atoms with van der Waals surface area (Å²) in [4.78, 5) is 0. The molecule has 0 unspecified atom stereocenters. The van der Waals surface area contributed by atoms with E-state index >= 15 is 0 Å².